The summed E-state index contributed by atoms with van der Waals surface area (Å²) in [7, 11) is 3.80. The molecule has 0 saturated carbocycles. The topological polar surface area (TPSA) is 76.4 Å². The molecule has 0 radical (unpaired) electrons. The third-order valence-corrected chi connectivity index (χ3v) is 4.03. The summed E-state index contributed by atoms with van der Waals surface area (Å²) in [6, 6.07) is 7.66. The standard InChI is InChI=1S/C16H22N4O2/c1-20-7-5-12(6-8-20)22-15-9-11(3-4-14(15)21-2)13-10-16(17)19-18-13/h3-4,9-10,12H,5-8H2,1-2H3,(H3,17,18,19). The molecule has 6 heteroatoms. The Kier molecular flexibility index (Phi) is 4.20. The number of rotatable bonds is 4. The van der Waals surface area contributed by atoms with E-state index in [9.17, 15) is 0 Å². The van der Waals surface area contributed by atoms with Gasteiger partial charge < -0.3 is 20.1 Å². The molecular weight excluding hydrogens is 280 g/mol. The fourth-order valence-corrected chi connectivity index (χ4v) is 2.70. The Morgan fingerprint density at radius 3 is 2.64 bits per heavy atom. The van der Waals surface area contributed by atoms with E-state index in [-0.39, 0.29) is 6.10 Å². The molecule has 1 fully saturated rings. The monoisotopic (exact) mass is 302 g/mol. The summed E-state index contributed by atoms with van der Waals surface area (Å²) < 4.78 is 11.6. The van der Waals surface area contributed by atoms with Gasteiger partial charge in [-0.15, -0.1) is 0 Å². The molecule has 2 aromatic rings. The van der Waals surface area contributed by atoms with Gasteiger partial charge in [0.15, 0.2) is 11.5 Å². The number of piperidine rings is 1. The van der Waals surface area contributed by atoms with E-state index in [1.54, 1.807) is 13.2 Å². The number of likely N-dealkylation sites (tertiary alicyclic amines) is 1. The number of nitrogen functional groups attached to an aromatic ring is 1. The minimum atomic E-state index is 0.229. The van der Waals surface area contributed by atoms with Crippen molar-refractivity contribution in [3.05, 3.63) is 24.3 Å². The summed E-state index contributed by atoms with van der Waals surface area (Å²) in [5.74, 6) is 1.99. The first-order valence-electron chi connectivity index (χ1n) is 7.50. The van der Waals surface area contributed by atoms with Crippen LogP contribution in [0.1, 0.15) is 12.8 Å². The van der Waals surface area contributed by atoms with Gasteiger partial charge in [0.1, 0.15) is 11.9 Å². The summed E-state index contributed by atoms with van der Waals surface area (Å²) in [4.78, 5) is 2.32. The minimum Gasteiger partial charge on any atom is -0.493 e. The Labute approximate surface area is 130 Å². The van der Waals surface area contributed by atoms with Crippen LogP contribution < -0.4 is 15.2 Å². The van der Waals surface area contributed by atoms with E-state index in [1.165, 1.54) is 0 Å². The highest BCUT2D eigenvalue weighted by Gasteiger charge is 2.20. The van der Waals surface area contributed by atoms with Crippen LogP contribution in [0.2, 0.25) is 0 Å². The maximum atomic E-state index is 6.18. The highest BCUT2D eigenvalue weighted by atomic mass is 16.5. The van der Waals surface area contributed by atoms with Gasteiger partial charge in [-0.05, 0) is 38.1 Å². The zero-order valence-electron chi connectivity index (χ0n) is 13.0. The molecule has 2 heterocycles. The Bertz CT molecular complexity index is 633. The van der Waals surface area contributed by atoms with E-state index in [1.807, 2.05) is 18.2 Å². The molecule has 0 spiro atoms. The highest BCUT2D eigenvalue weighted by Crippen LogP contribution is 2.34. The predicted octanol–water partition coefficient (Wildman–Crippen LogP) is 2.14. The molecule has 1 aliphatic heterocycles. The summed E-state index contributed by atoms with van der Waals surface area (Å²) in [5, 5.41) is 6.88. The number of benzene rings is 1. The molecule has 6 nitrogen and oxygen atoms in total. The van der Waals surface area contributed by atoms with Crippen LogP contribution in [0.5, 0.6) is 11.5 Å². The highest BCUT2D eigenvalue weighted by molar-refractivity contribution is 5.65. The number of hydrogen-bond donors (Lipinski definition) is 2. The Morgan fingerprint density at radius 2 is 2.00 bits per heavy atom. The van der Waals surface area contributed by atoms with Gasteiger partial charge in [-0.2, -0.15) is 5.10 Å². The van der Waals surface area contributed by atoms with Gasteiger partial charge in [-0.25, -0.2) is 0 Å². The van der Waals surface area contributed by atoms with E-state index in [0.29, 0.717) is 5.82 Å². The lowest BCUT2D eigenvalue weighted by atomic mass is 10.1. The van der Waals surface area contributed by atoms with Gasteiger partial charge in [0.2, 0.25) is 0 Å². The number of aromatic nitrogens is 2. The molecule has 0 atom stereocenters. The molecule has 1 aromatic heterocycles. The van der Waals surface area contributed by atoms with Gasteiger partial charge >= 0.3 is 0 Å². The lowest BCUT2D eigenvalue weighted by Crippen LogP contribution is -2.35. The first kappa shape index (κ1) is 14.7. The fourth-order valence-electron chi connectivity index (χ4n) is 2.70. The van der Waals surface area contributed by atoms with Gasteiger partial charge in [-0.1, -0.05) is 0 Å². The molecule has 118 valence electrons. The number of anilines is 1. The van der Waals surface area contributed by atoms with Crippen LogP contribution in [-0.2, 0) is 0 Å². The van der Waals surface area contributed by atoms with E-state index < -0.39 is 0 Å². The molecule has 1 aromatic carbocycles. The third-order valence-electron chi connectivity index (χ3n) is 4.03. The third kappa shape index (κ3) is 3.17. The molecular formula is C16H22N4O2. The van der Waals surface area contributed by atoms with Crippen molar-refractivity contribution in [2.45, 2.75) is 18.9 Å². The molecule has 22 heavy (non-hydrogen) atoms. The zero-order valence-corrected chi connectivity index (χ0v) is 13.0. The van der Waals surface area contributed by atoms with Crippen LogP contribution in [0.25, 0.3) is 11.3 Å². The van der Waals surface area contributed by atoms with Crippen LogP contribution in [0.3, 0.4) is 0 Å². The van der Waals surface area contributed by atoms with Crippen molar-refractivity contribution in [2.75, 3.05) is 33.0 Å². The maximum absolute atomic E-state index is 6.18. The second-order valence-electron chi connectivity index (χ2n) is 5.69. The number of nitrogens with two attached hydrogens (primary N) is 1. The summed E-state index contributed by atoms with van der Waals surface area (Å²) in [6.45, 7) is 2.12. The maximum Gasteiger partial charge on any atom is 0.162 e. The molecule has 0 bridgehead atoms. The van der Waals surface area contributed by atoms with Crippen LogP contribution in [0.15, 0.2) is 24.3 Å². The van der Waals surface area contributed by atoms with Crippen molar-refractivity contribution in [1.29, 1.82) is 0 Å². The van der Waals surface area contributed by atoms with Crippen LogP contribution in [0, 0.1) is 0 Å². The van der Waals surface area contributed by atoms with Gasteiger partial charge in [0.25, 0.3) is 0 Å². The number of nitrogens with one attached hydrogen (secondary N) is 1. The van der Waals surface area contributed by atoms with Crippen molar-refractivity contribution in [3.8, 4) is 22.8 Å². The quantitative estimate of drug-likeness (QED) is 0.905. The smallest absolute Gasteiger partial charge is 0.162 e. The fraction of sp³-hybridized carbons (Fsp3) is 0.438. The first-order valence-corrected chi connectivity index (χ1v) is 7.50. The normalized spacial score (nSPS) is 16.6. The average molecular weight is 302 g/mol. The van der Waals surface area contributed by atoms with Crippen molar-refractivity contribution < 1.29 is 9.47 Å². The lowest BCUT2D eigenvalue weighted by molar-refractivity contribution is 0.111. The number of methoxy groups -OCH3 is 1. The number of ether oxygens (including phenoxy) is 2. The number of H-pyrrole nitrogens is 1. The number of hydrogen-bond acceptors (Lipinski definition) is 5. The van der Waals surface area contributed by atoms with Crippen molar-refractivity contribution in [2.24, 2.45) is 0 Å². The molecule has 1 saturated heterocycles. The van der Waals surface area contributed by atoms with Crippen LogP contribution in [0.4, 0.5) is 5.82 Å². The number of aromatic amines is 1. The van der Waals surface area contributed by atoms with Crippen molar-refractivity contribution in [3.63, 3.8) is 0 Å². The SMILES string of the molecule is COc1ccc(-c2cc(N)n[nH]2)cc1OC1CCN(C)CC1. The summed E-state index contributed by atoms with van der Waals surface area (Å²) in [6.07, 6.45) is 2.29. The summed E-state index contributed by atoms with van der Waals surface area (Å²) in [5.41, 5.74) is 7.52. The predicted molar refractivity (Wildman–Crippen MR) is 86.1 cm³/mol. The van der Waals surface area contributed by atoms with E-state index >= 15 is 0 Å². The molecule has 3 rings (SSSR count). The lowest BCUT2D eigenvalue weighted by Gasteiger charge is -2.29. The Hall–Kier alpha value is -2.21. The van der Waals surface area contributed by atoms with E-state index in [4.69, 9.17) is 15.2 Å². The number of nitrogens with zero attached hydrogens (tertiary/aromatic N) is 2. The van der Waals surface area contributed by atoms with E-state index in [2.05, 4.69) is 22.1 Å². The second-order valence-corrected chi connectivity index (χ2v) is 5.69. The average Bonchev–Trinajstić information content (AvgIpc) is 2.96. The van der Waals surface area contributed by atoms with Crippen LogP contribution >= 0.6 is 0 Å². The summed E-state index contributed by atoms with van der Waals surface area (Å²) >= 11 is 0. The molecule has 3 N–H and O–H groups in total. The van der Waals surface area contributed by atoms with Gasteiger partial charge in [0.05, 0.1) is 12.8 Å². The largest absolute Gasteiger partial charge is 0.493 e. The van der Waals surface area contributed by atoms with Crippen molar-refractivity contribution >= 4 is 5.82 Å². The van der Waals surface area contributed by atoms with E-state index in [0.717, 1.165) is 48.7 Å². The molecule has 0 aliphatic carbocycles. The first-order chi connectivity index (χ1) is 10.7. The van der Waals surface area contributed by atoms with Gasteiger partial charge in [-0.3, -0.25) is 5.10 Å². The Balaban J connectivity index is 1.82. The van der Waals surface area contributed by atoms with Crippen LogP contribution in [-0.4, -0.2) is 48.4 Å². The van der Waals surface area contributed by atoms with Crippen molar-refractivity contribution in [1.82, 2.24) is 15.1 Å². The second kappa shape index (κ2) is 6.27. The zero-order chi connectivity index (χ0) is 15.5. The Morgan fingerprint density at radius 1 is 1.23 bits per heavy atom. The minimum absolute atomic E-state index is 0.229. The molecule has 0 unspecified atom stereocenters. The molecule has 0 amide bonds. The molecule has 1 aliphatic rings. The van der Waals surface area contributed by atoms with Gasteiger partial charge in [0, 0.05) is 24.7 Å².